The lowest BCUT2D eigenvalue weighted by atomic mass is 9.91. The summed E-state index contributed by atoms with van der Waals surface area (Å²) in [5.74, 6) is 2.09. The molecule has 1 saturated heterocycles. The molecule has 2 N–H and O–H groups in total. The number of likely N-dealkylation sites (tertiary alicyclic amines) is 1. The van der Waals surface area contributed by atoms with Crippen molar-refractivity contribution in [1.29, 1.82) is 0 Å². The largest absolute Gasteiger partial charge is 0.457 e. The van der Waals surface area contributed by atoms with Crippen LogP contribution in [-0.2, 0) is 4.79 Å². The summed E-state index contributed by atoms with van der Waals surface area (Å²) in [5.41, 5.74) is 9.90. The smallest absolute Gasteiger partial charge is 0.245 e. The van der Waals surface area contributed by atoms with E-state index in [4.69, 9.17) is 10.5 Å². The van der Waals surface area contributed by atoms with Crippen molar-refractivity contribution in [2.45, 2.75) is 18.8 Å². The van der Waals surface area contributed by atoms with Crippen LogP contribution in [0.3, 0.4) is 0 Å². The Bertz CT molecular complexity index is 1300. The van der Waals surface area contributed by atoms with Crippen molar-refractivity contribution < 1.29 is 9.53 Å². The Balaban J connectivity index is 1.50. The normalized spacial score (nSPS) is 16.0. The molecule has 166 valence electrons. The highest BCUT2D eigenvalue weighted by Gasteiger charge is 2.27. The third kappa shape index (κ3) is 4.05. The molecule has 0 saturated carbocycles. The van der Waals surface area contributed by atoms with Crippen LogP contribution in [0, 0.1) is 0 Å². The monoisotopic (exact) mass is 439 g/mol. The number of piperidine rings is 1. The number of hydrogen-bond donors (Lipinski definition) is 1. The number of carbonyl (C=O) groups is 1. The van der Waals surface area contributed by atoms with Gasteiger partial charge in [-0.1, -0.05) is 24.8 Å². The summed E-state index contributed by atoms with van der Waals surface area (Å²) in [6.07, 6.45) is 6.87. The Morgan fingerprint density at radius 2 is 1.85 bits per heavy atom. The molecule has 0 radical (unpaired) electrons. The Kier molecular flexibility index (Phi) is 5.52. The fourth-order valence-electron chi connectivity index (χ4n) is 4.47. The molecule has 0 unspecified atom stereocenters. The lowest BCUT2D eigenvalue weighted by molar-refractivity contribution is -0.127. The van der Waals surface area contributed by atoms with E-state index < -0.39 is 0 Å². The number of nitrogens with two attached hydrogens (primary N) is 1. The zero-order chi connectivity index (χ0) is 22.8. The van der Waals surface area contributed by atoms with Gasteiger partial charge in [0.25, 0.3) is 0 Å². The average Bonchev–Trinajstić information content (AvgIpc) is 3.26. The Morgan fingerprint density at radius 3 is 2.61 bits per heavy atom. The van der Waals surface area contributed by atoms with Gasteiger partial charge in [-0.15, -0.1) is 0 Å². The number of ether oxygens (including phenoxy) is 1. The number of rotatable bonds is 5. The van der Waals surface area contributed by atoms with E-state index in [1.807, 2.05) is 64.1 Å². The molecule has 0 aliphatic carbocycles. The number of hydrogen-bond acceptors (Lipinski definition) is 5. The standard InChI is InChI=1S/C26H25N5O2/c1-2-23(32)30-14-6-7-18(15-30)22-16-31(25-24(22)28-17-29-26(25)27)19-10-12-21(13-11-19)33-20-8-4-3-5-9-20/h2-5,8-13,16-18H,1,6-7,14-15H2,(H2,27,28,29)/t18-/m0/s1. The summed E-state index contributed by atoms with van der Waals surface area (Å²) in [7, 11) is 0. The summed E-state index contributed by atoms with van der Waals surface area (Å²) < 4.78 is 7.95. The first-order valence-electron chi connectivity index (χ1n) is 11.0. The molecule has 2 aromatic carbocycles. The predicted molar refractivity (Wildman–Crippen MR) is 129 cm³/mol. The van der Waals surface area contributed by atoms with Crippen LogP contribution in [0.25, 0.3) is 16.7 Å². The molecular weight excluding hydrogens is 414 g/mol. The van der Waals surface area contributed by atoms with Gasteiger partial charge in [-0.2, -0.15) is 0 Å². The van der Waals surface area contributed by atoms with Crippen molar-refractivity contribution in [3.63, 3.8) is 0 Å². The van der Waals surface area contributed by atoms with E-state index in [1.54, 1.807) is 0 Å². The zero-order valence-electron chi connectivity index (χ0n) is 18.2. The first-order valence-corrected chi connectivity index (χ1v) is 11.0. The Morgan fingerprint density at radius 1 is 1.09 bits per heavy atom. The second kappa shape index (κ2) is 8.78. The molecule has 5 rings (SSSR count). The van der Waals surface area contributed by atoms with Crippen molar-refractivity contribution >= 4 is 22.8 Å². The highest BCUT2D eigenvalue weighted by atomic mass is 16.5. The Labute approximate surface area is 192 Å². The summed E-state index contributed by atoms with van der Waals surface area (Å²) >= 11 is 0. The molecule has 1 amide bonds. The van der Waals surface area contributed by atoms with E-state index in [2.05, 4.69) is 22.7 Å². The van der Waals surface area contributed by atoms with Gasteiger partial charge in [-0.3, -0.25) is 4.79 Å². The van der Waals surface area contributed by atoms with Crippen molar-refractivity contribution in [2.24, 2.45) is 0 Å². The molecule has 4 aromatic rings. The van der Waals surface area contributed by atoms with Gasteiger partial charge in [-0.25, -0.2) is 9.97 Å². The molecule has 1 aliphatic heterocycles. The molecule has 33 heavy (non-hydrogen) atoms. The van der Waals surface area contributed by atoms with E-state index in [0.29, 0.717) is 12.4 Å². The second-order valence-corrected chi connectivity index (χ2v) is 8.15. The van der Waals surface area contributed by atoms with Crippen molar-refractivity contribution in [3.05, 3.63) is 85.3 Å². The second-order valence-electron chi connectivity index (χ2n) is 8.15. The van der Waals surface area contributed by atoms with Crippen LogP contribution in [-0.4, -0.2) is 38.4 Å². The highest BCUT2D eigenvalue weighted by Crippen LogP contribution is 2.36. The summed E-state index contributed by atoms with van der Waals surface area (Å²) in [6, 6.07) is 17.5. The number of benzene rings is 2. The molecule has 2 aromatic heterocycles. The van der Waals surface area contributed by atoms with Crippen LogP contribution in [0.4, 0.5) is 5.82 Å². The van der Waals surface area contributed by atoms with Gasteiger partial charge in [0.05, 0.1) is 5.52 Å². The van der Waals surface area contributed by atoms with Crippen LogP contribution in [0.2, 0.25) is 0 Å². The summed E-state index contributed by atoms with van der Waals surface area (Å²) in [4.78, 5) is 22.8. The molecule has 1 aliphatic rings. The number of carbonyl (C=O) groups excluding carboxylic acids is 1. The fourth-order valence-corrected chi connectivity index (χ4v) is 4.47. The van der Waals surface area contributed by atoms with E-state index in [1.165, 1.54) is 12.4 Å². The van der Waals surface area contributed by atoms with Crippen molar-refractivity contribution in [1.82, 2.24) is 19.4 Å². The lowest BCUT2D eigenvalue weighted by Gasteiger charge is -2.31. The maximum Gasteiger partial charge on any atom is 0.245 e. The van der Waals surface area contributed by atoms with Gasteiger partial charge >= 0.3 is 0 Å². The van der Waals surface area contributed by atoms with Crippen LogP contribution in [0.15, 0.2) is 79.8 Å². The van der Waals surface area contributed by atoms with E-state index in [0.717, 1.165) is 53.2 Å². The lowest BCUT2D eigenvalue weighted by Crippen LogP contribution is -2.38. The van der Waals surface area contributed by atoms with Crippen LogP contribution >= 0.6 is 0 Å². The summed E-state index contributed by atoms with van der Waals surface area (Å²) in [6.45, 7) is 5.02. The molecule has 7 nitrogen and oxygen atoms in total. The van der Waals surface area contributed by atoms with Gasteiger partial charge in [0.2, 0.25) is 5.91 Å². The third-order valence-electron chi connectivity index (χ3n) is 6.07. The van der Waals surface area contributed by atoms with E-state index >= 15 is 0 Å². The summed E-state index contributed by atoms with van der Waals surface area (Å²) in [5, 5.41) is 0. The van der Waals surface area contributed by atoms with Crippen molar-refractivity contribution in [3.8, 4) is 17.2 Å². The number of amides is 1. The number of nitrogens with zero attached hydrogens (tertiary/aromatic N) is 4. The molecule has 1 fully saturated rings. The number of para-hydroxylation sites is 1. The number of anilines is 1. The minimum absolute atomic E-state index is 0.0356. The molecule has 3 heterocycles. The van der Waals surface area contributed by atoms with Crippen LogP contribution in [0.5, 0.6) is 11.5 Å². The fraction of sp³-hybridized carbons (Fsp3) is 0.192. The SMILES string of the molecule is C=CC(=O)N1CCC[C@H](c2cn(-c3ccc(Oc4ccccc4)cc3)c3c(N)ncnc23)C1. The van der Waals surface area contributed by atoms with Gasteiger partial charge < -0.3 is 19.9 Å². The predicted octanol–water partition coefficient (Wildman–Crippen LogP) is 4.69. The number of nitrogen functional groups attached to an aromatic ring is 1. The number of aromatic nitrogens is 3. The third-order valence-corrected chi connectivity index (χ3v) is 6.07. The van der Waals surface area contributed by atoms with Crippen LogP contribution in [0.1, 0.15) is 24.3 Å². The molecule has 0 spiro atoms. The maximum atomic E-state index is 12.2. The number of fused-ring (bicyclic) bond motifs is 1. The van der Waals surface area contributed by atoms with E-state index in [9.17, 15) is 4.79 Å². The van der Waals surface area contributed by atoms with E-state index in [-0.39, 0.29) is 11.8 Å². The topological polar surface area (TPSA) is 86.3 Å². The van der Waals surface area contributed by atoms with Gasteiger partial charge in [0.15, 0.2) is 5.82 Å². The van der Waals surface area contributed by atoms with Gasteiger partial charge in [0, 0.05) is 36.5 Å². The van der Waals surface area contributed by atoms with Gasteiger partial charge in [-0.05, 0) is 55.3 Å². The van der Waals surface area contributed by atoms with Crippen molar-refractivity contribution in [2.75, 3.05) is 18.8 Å². The molecule has 0 bridgehead atoms. The highest BCUT2D eigenvalue weighted by molar-refractivity contribution is 5.90. The molecular formula is C26H25N5O2. The Hall–Kier alpha value is -4.13. The first kappa shape index (κ1) is 20.8. The minimum atomic E-state index is -0.0356. The minimum Gasteiger partial charge on any atom is -0.457 e. The first-order chi connectivity index (χ1) is 16.1. The zero-order valence-corrected chi connectivity index (χ0v) is 18.2. The quantitative estimate of drug-likeness (QED) is 0.456. The maximum absolute atomic E-state index is 12.2. The average molecular weight is 440 g/mol. The molecule has 1 atom stereocenters. The molecule has 7 heteroatoms. The van der Waals surface area contributed by atoms with Crippen LogP contribution < -0.4 is 10.5 Å². The van der Waals surface area contributed by atoms with Gasteiger partial charge in [0.1, 0.15) is 23.3 Å².